The Hall–Kier alpha value is -1.64. The van der Waals surface area contributed by atoms with Crippen LogP contribution in [0.1, 0.15) is 63.1 Å². The third kappa shape index (κ3) is 5.43. The van der Waals surface area contributed by atoms with E-state index in [1.54, 1.807) is 0 Å². The van der Waals surface area contributed by atoms with Gasteiger partial charge in [-0.3, -0.25) is 0 Å². The van der Waals surface area contributed by atoms with Crippen LogP contribution in [0.4, 0.5) is 0 Å². The van der Waals surface area contributed by atoms with Crippen LogP contribution >= 0.6 is 0 Å². The summed E-state index contributed by atoms with van der Waals surface area (Å²) in [5.41, 5.74) is 4.38. The molecular weight excluding hydrogens is 316 g/mol. The molecule has 0 amide bonds. The Labute approximate surface area is 159 Å². The van der Waals surface area contributed by atoms with Crippen molar-refractivity contribution < 1.29 is 0 Å². The summed E-state index contributed by atoms with van der Waals surface area (Å²) in [5, 5.41) is 7.61. The fourth-order valence-electron chi connectivity index (χ4n) is 3.84. The molecule has 140 valence electrons. The predicted octanol–water partition coefficient (Wildman–Crippen LogP) is 5.17. The molecule has 2 N–H and O–H groups in total. The van der Waals surface area contributed by atoms with E-state index in [9.17, 15) is 0 Å². The Balaban J connectivity index is 1.53. The average Bonchev–Trinajstić information content (AvgIpc) is 2.66. The van der Waals surface area contributed by atoms with Crippen molar-refractivity contribution in [2.45, 2.75) is 77.0 Å². The number of hydrogen-bond donors (Lipinski definition) is 2. The van der Waals surface area contributed by atoms with Crippen LogP contribution in [0.25, 0.3) is 0 Å². The molecule has 0 bridgehead atoms. The van der Waals surface area contributed by atoms with Gasteiger partial charge in [-0.25, -0.2) is 0 Å². The average molecular weight is 351 g/mol. The second-order valence-corrected chi connectivity index (χ2v) is 8.69. The van der Waals surface area contributed by atoms with Crippen molar-refractivity contribution in [1.29, 1.82) is 0 Å². The Kier molecular flexibility index (Phi) is 6.50. The van der Waals surface area contributed by atoms with E-state index in [2.05, 4.69) is 86.0 Å². The maximum atomic E-state index is 3.82. The number of benzene rings is 2. The van der Waals surface area contributed by atoms with E-state index in [-0.39, 0.29) is 5.41 Å². The molecule has 2 atom stereocenters. The van der Waals surface area contributed by atoms with Gasteiger partial charge in [0, 0.05) is 25.2 Å². The molecule has 0 spiro atoms. The van der Waals surface area contributed by atoms with Crippen molar-refractivity contribution in [2.24, 2.45) is 0 Å². The molecule has 3 rings (SSSR count). The minimum atomic E-state index is 0.224. The van der Waals surface area contributed by atoms with Gasteiger partial charge in [0.2, 0.25) is 0 Å². The molecule has 0 aromatic heterocycles. The molecule has 1 aliphatic carbocycles. The zero-order valence-corrected chi connectivity index (χ0v) is 16.6. The summed E-state index contributed by atoms with van der Waals surface area (Å²) >= 11 is 0. The third-order valence-corrected chi connectivity index (χ3v) is 5.57. The van der Waals surface area contributed by atoms with Gasteiger partial charge in [0.15, 0.2) is 0 Å². The summed E-state index contributed by atoms with van der Waals surface area (Å²) in [5.74, 6) is 0. The van der Waals surface area contributed by atoms with Gasteiger partial charge in [-0.05, 0) is 34.9 Å². The second kappa shape index (κ2) is 8.83. The quantitative estimate of drug-likeness (QED) is 0.750. The van der Waals surface area contributed by atoms with Gasteiger partial charge in [-0.1, -0.05) is 88.2 Å². The molecule has 0 radical (unpaired) electrons. The van der Waals surface area contributed by atoms with E-state index in [4.69, 9.17) is 0 Å². The zero-order chi connectivity index (χ0) is 18.4. The normalized spacial score (nSPS) is 20.9. The summed E-state index contributed by atoms with van der Waals surface area (Å²) in [6.45, 7) is 8.73. The monoisotopic (exact) mass is 350 g/mol. The number of hydrogen-bond acceptors (Lipinski definition) is 2. The molecule has 2 aromatic rings. The number of rotatable bonds is 6. The molecule has 26 heavy (non-hydrogen) atoms. The van der Waals surface area contributed by atoms with Crippen LogP contribution in [0, 0.1) is 0 Å². The Bertz CT molecular complexity index is 655. The Morgan fingerprint density at radius 1 is 0.731 bits per heavy atom. The lowest BCUT2D eigenvalue weighted by atomic mass is 9.86. The lowest BCUT2D eigenvalue weighted by Gasteiger charge is -2.33. The Morgan fingerprint density at radius 3 is 1.73 bits per heavy atom. The molecule has 2 aromatic carbocycles. The van der Waals surface area contributed by atoms with Gasteiger partial charge in [-0.15, -0.1) is 0 Å². The van der Waals surface area contributed by atoms with Crippen LogP contribution in [0.5, 0.6) is 0 Å². The van der Waals surface area contributed by atoms with E-state index in [1.807, 2.05) is 0 Å². The topological polar surface area (TPSA) is 24.1 Å². The maximum absolute atomic E-state index is 3.82. The fourth-order valence-corrected chi connectivity index (χ4v) is 3.84. The molecule has 1 fully saturated rings. The molecule has 0 heterocycles. The van der Waals surface area contributed by atoms with Crippen molar-refractivity contribution in [1.82, 2.24) is 10.6 Å². The summed E-state index contributed by atoms with van der Waals surface area (Å²) in [7, 11) is 0. The standard InChI is InChI=1S/C24H34N2/c1-24(2,3)21-15-13-20(14-16-21)18-26-23-12-8-7-11-22(23)25-17-19-9-5-4-6-10-19/h4-6,9-10,13-16,22-23,25-26H,7-8,11-12,17-18H2,1-3H3. The van der Waals surface area contributed by atoms with Crippen LogP contribution in [-0.2, 0) is 18.5 Å². The van der Waals surface area contributed by atoms with Crippen molar-refractivity contribution >= 4 is 0 Å². The third-order valence-electron chi connectivity index (χ3n) is 5.57. The van der Waals surface area contributed by atoms with Gasteiger partial charge in [0.25, 0.3) is 0 Å². The van der Waals surface area contributed by atoms with E-state index < -0.39 is 0 Å². The van der Waals surface area contributed by atoms with Crippen LogP contribution in [0.2, 0.25) is 0 Å². The van der Waals surface area contributed by atoms with Crippen LogP contribution in [0.15, 0.2) is 54.6 Å². The summed E-state index contributed by atoms with van der Waals surface area (Å²) in [4.78, 5) is 0. The fraction of sp³-hybridized carbons (Fsp3) is 0.500. The maximum Gasteiger partial charge on any atom is 0.0224 e. The molecule has 0 saturated heterocycles. The highest BCUT2D eigenvalue weighted by Gasteiger charge is 2.24. The summed E-state index contributed by atoms with van der Waals surface area (Å²) in [6, 6.07) is 21.0. The molecule has 2 nitrogen and oxygen atoms in total. The molecule has 1 saturated carbocycles. The first kappa shape index (κ1) is 19.1. The lowest BCUT2D eigenvalue weighted by Crippen LogP contribution is -2.49. The molecular formula is C24H34N2. The van der Waals surface area contributed by atoms with Crippen LogP contribution in [-0.4, -0.2) is 12.1 Å². The van der Waals surface area contributed by atoms with Gasteiger partial charge < -0.3 is 10.6 Å². The van der Waals surface area contributed by atoms with Gasteiger partial charge >= 0.3 is 0 Å². The molecule has 1 aliphatic rings. The van der Waals surface area contributed by atoms with Crippen molar-refractivity contribution in [3.63, 3.8) is 0 Å². The van der Waals surface area contributed by atoms with Gasteiger partial charge in [0.1, 0.15) is 0 Å². The zero-order valence-electron chi connectivity index (χ0n) is 16.6. The molecule has 2 unspecified atom stereocenters. The smallest absolute Gasteiger partial charge is 0.0224 e. The first-order valence-electron chi connectivity index (χ1n) is 10.1. The minimum Gasteiger partial charge on any atom is -0.308 e. The largest absolute Gasteiger partial charge is 0.308 e. The number of nitrogens with one attached hydrogen (secondary N) is 2. The highest BCUT2D eigenvalue weighted by atomic mass is 15.0. The minimum absolute atomic E-state index is 0.224. The first-order chi connectivity index (χ1) is 12.5. The highest BCUT2D eigenvalue weighted by molar-refractivity contribution is 5.27. The molecule has 2 heteroatoms. The SMILES string of the molecule is CC(C)(C)c1ccc(CNC2CCCCC2NCc2ccccc2)cc1. The predicted molar refractivity (Wildman–Crippen MR) is 111 cm³/mol. The van der Waals surface area contributed by atoms with Crippen molar-refractivity contribution in [3.05, 3.63) is 71.3 Å². The van der Waals surface area contributed by atoms with Crippen LogP contribution < -0.4 is 10.6 Å². The van der Waals surface area contributed by atoms with Crippen molar-refractivity contribution in [3.8, 4) is 0 Å². The van der Waals surface area contributed by atoms with E-state index >= 15 is 0 Å². The van der Waals surface area contributed by atoms with Gasteiger partial charge in [0.05, 0.1) is 0 Å². The molecule has 0 aliphatic heterocycles. The van der Waals surface area contributed by atoms with Gasteiger partial charge in [-0.2, -0.15) is 0 Å². The summed E-state index contributed by atoms with van der Waals surface area (Å²) in [6.07, 6.45) is 5.22. The Morgan fingerprint density at radius 2 is 1.23 bits per heavy atom. The van der Waals surface area contributed by atoms with E-state index in [1.165, 1.54) is 42.4 Å². The first-order valence-corrected chi connectivity index (χ1v) is 10.1. The summed E-state index contributed by atoms with van der Waals surface area (Å²) < 4.78 is 0. The van der Waals surface area contributed by atoms with Crippen LogP contribution in [0.3, 0.4) is 0 Å². The van der Waals surface area contributed by atoms with E-state index in [0.29, 0.717) is 12.1 Å². The van der Waals surface area contributed by atoms with Crippen molar-refractivity contribution in [2.75, 3.05) is 0 Å². The highest BCUT2D eigenvalue weighted by Crippen LogP contribution is 2.23. The second-order valence-electron chi connectivity index (χ2n) is 8.69. The lowest BCUT2D eigenvalue weighted by molar-refractivity contribution is 0.281. The van der Waals surface area contributed by atoms with E-state index in [0.717, 1.165) is 13.1 Å².